The molecule has 0 aliphatic heterocycles. The van der Waals surface area contributed by atoms with Gasteiger partial charge in [-0.1, -0.05) is 17.7 Å². The smallest absolute Gasteiger partial charge is 0.408 e. The molecule has 2 aromatic carbocycles. The number of anilines is 1. The minimum Gasteiger partial charge on any atom is -0.408 e. The highest BCUT2D eigenvalue weighted by atomic mass is 35.5. The molecule has 0 aliphatic carbocycles. The highest BCUT2D eigenvalue weighted by Gasteiger charge is 2.16. The fourth-order valence-electron chi connectivity index (χ4n) is 1.93. The number of H-pyrrole nitrogens is 1. The number of halogens is 2. The van der Waals surface area contributed by atoms with Gasteiger partial charge < -0.3 is 9.73 Å². The highest BCUT2D eigenvalue weighted by Crippen LogP contribution is 2.22. The summed E-state index contributed by atoms with van der Waals surface area (Å²) in [4.78, 5) is 25.6. The van der Waals surface area contributed by atoms with E-state index in [4.69, 9.17) is 16.0 Å². The summed E-state index contributed by atoms with van der Waals surface area (Å²) in [6.45, 7) is 0. The van der Waals surface area contributed by atoms with Crippen molar-refractivity contribution in [3.8, 4) is 0 Å². The number of nitrogens with one attached hydrogen (secondary N) is 2. The quantitative estimate of drug-likeness (QED) is 0.763. The Morgan fingerprint density at radius 3 is 2.86 bits per heavy atom. The predicted molar refractivity (Wildman–Crippen MR) is 76.2 cm³/mol. The number of amides is 1. The molecule has 0 fully saturated rings. The Morgan fingerprint density at radius 1 is 1.29 bits per heavy atom. The summed E-state index contributed by atoms with van der Waals surface area (Å²) in [5.41, 5.74) is 0.906. The van der Waals surface area contributed by atoms with Crippen molar-refractivity contribution in [1.82, 2.24) is 4.98 Å². The molecule has 0 saturated carbocycles. The van der Waals surface area contributed by atoms with E-state index < -0.39 is 17.5 Å². The van der Waals surface area contributed by atoms with Gasteiger partial charge in [0.2, 0.25) is 0 Å². The van der Waals surface area contributed by atoms with Crippen LogP contribution in [0.4, 0.5) is 10.1 Å². The second kappa shape index (κ2) is 5.06. The van der Waals surface area contributed by atoms with Crippen LogP contribution >= 0.6 is 11.6 Å². The molecule has 7 heteroatoms. The molecule has 0 atom stereocenters. The monoisotopic (exact) mass is 306 g/mol. The van der Waals surface area contributed by atoms with Crippen molar-refractivity contribution >= 4 is 34.3 Å². The highest BCUT2D eigenvalue weighted by molar-refractivity contribution is 6.34. The molecule has 0 spiro atoms. The summed E-state index contributed by atoms with van der Waals surface area (Å²) in [7, 11) is 0. The van der Waals surface area contributed by atoms with Crippen molar-refractivity contribution < 1.29 is 13.6 Å². The van der Waals surface area contributed by atoms with Gasteiger partial charge in [0, 0.05) is 11.8 Å². The second-order valence-electron chi connectivity index (χ2n) is 4.28. The molecular weight excluding hydrogens is 299 g/mol. The van der Waals surface area contributed by atoms with E-state index in [0.29, 0.717) is 11.2 Å². The maximum absolute atomic E-state index is 13.6. The Labute approximate surface area is 122 Å². The minimum atomic E-state index is -0.714. The van der Waals surface area contributed by atoms with E-state index in [1.165, 1.54) is 18.2 Å². The first-order valence-electron chi connectivity index (χ1n) is 5.93. The summed E-state index contributed by atoms with van der Waals surface area (Å²) >= 11 is 5.82. The zero-order chi connectivity index (χ0) is 15.0. The SMILES string of the molecule is O=C(Nc1ccc2[nH]c(=O)oc2c1)c1c(F)cccc1Cl. The first-order chi connectivity index (χ1) is 10.0. The molecule has 0 bridgehead atoms. The number of hydrogen-bond acceptors (Lipinski definition) is 3. The van der Waals surface area contributed by atoms with Gasteiger partial charge in [0.05, 0.1) is 16.1 Å². The van der Waals surface area contributed by atoms with Crippen LogP contribution in [-0.2, 0) is 0 Å². The van der Waals surface area contributed by atoms with Crippen LogP contribution in [0.3, 0.4) is 0 Å². The van der Waals surface area contributed by atoms with E-state index >= 15 is 0 Å². The Balaban J connectivity index is 1.94. The van der Waals surface area contributed by atoms with Crippen LogP contribution < -0.4 is 11.1 Å². The molecule has 0 radical (unpaired) electrons. The molecule has 21 heavy (non-hydrogen) atoms. The van der Waals surface area contributed by atoms with Gasteiger partial charge in [0.25, 0.3) is 5.91 Å². The third-order valence-electron chi connectivity index (χ3n) is 2.87. The first kappa shape index (κ1) is 13.4. The molecule has 3 rings (SSSR count). The molecule has 1 amide bonds. The average molecular weight is 307 g/mol. The van der Waals surface area contributed by atoms with Crippen molar-refractivity contribution in [2.24, 2.45) is 0 Å². The zero-order valence-electron chi connectivity index (χ0n) is 10.4. The molecule has 0 aliphatic rings. The van der Waals surface area contributed by atoms with Crippen molar-refractivity contribution in [1.29, 1.82) is 0 Å². The summed E-state index contributed by atoms with van der Waals surface area (Å²) in [6.07, 6.45) is 0. The Kier molecular flexibility index (Phi) is 3.23. The van der Waals surface area contributed by atoms with Crippen LogP contribution in [0.1, 0.15) is 10.4 Å². The lowest BCUT2D eigenvalue weighted by Crippen LogP contribution is -2.14. The van der Waals surface area contributed by atoms with E-state index in [0.717, 1.165) is 6.07 Å². The van der Waals surface area contributed by atoms with Crippen LogP contribution in [0.5, 0.6) is 0 Å². The Bertz CT molecular complexity index is 880. The number of aromatic nitrogens is 1. The van der Waals surface area contributed by atoms with Gasteiger partial charge in [-0.05, 0) is 24.3 Å². The summed E-state index contributed by atoms with van der Waals surface area (Å²) in [6, 6.07) is 8.57. The van der Waals surface area contributed by atoms with Gasteiger partial charge in [0.15, 0.2) is 5.58 Å². The fourth-order valence-corrected chi connectivity index (χ4v) is 2.18. The molecule has 3 aromatic rings. The van der Waals surface area contributed by atoms with Crippen LogP contribution in [0, 0.1) is 5.82 Å². The largest absolute Gasteiger partial charge is 0.417 e. The average Bonchev–Trinajstić information content (AvgIpc) is 2.77. The fraction of sp³-hybridized carbons (Fsp3) is 0. The molecule has 0 unspecified atom stereocenters. The summed E-state index contributed by atoms with van der Waals surface area (Å²) < 4.78 is 18.5. The van der Waals surface area contributed by atoms with E-state index in [1.807, 2.05) is 0 Å². The van der Waals surface area contributed by atoms with Crippen molar-refractivity contribution in [3.05, 3.63) is 63.4 Å². The molecular formula is C14H8ClFN2O3. The summed E-state index contributed by atoms with van der Waals surface area (Å²) in [5, 5.41) is 2.52. The molecule has 0 saturated heterocycles. The lowest BCUT2D eigenvalue weighted by molar-refractivity contribution is 0.102. The number of carbonyl (C=O) groups excluding carboxylic acids is 1. The van der Waals surface area contributed by atoms with Crippen LogP contribution in [-0.4, -0.2) is 10.9 Å². The third kappa shape index (κ3) is 2.53. The van der Waals surface area contributed by atoms with Gasteiger partial charge in [-0.25, -0.2) is 9.18 Å². The number of aromatic amines is 1. The van der Waals surface area contributed by atoms with Crippen LogP contribution in [0.15, 0.2) is 45.6 Å². The zero-order valence-corrected chi connectivity index (χ0v) is 11.2. The Hall–Kier alpha value is -2.60. The second-order valence-corrected chi connectivity index (χ2v) is 4.68. The van der Waals surface area contributed by atoms with E-state index in [9.17, 15) is 14.0 Å². The van der Waals surface area contributed by atoms with Gasteiger partial charge in [0.1, 0.15) is 5.82 Å². The maximum atomic E-state index is 13.6. The van der Waals surface area contributed by atoms with Crippen molar-refractivity contribution in [2.75, 3.05) is 5.32 Å². The molecule has 5 nitrogen and oxygen atoms in total. The topological polar surface area (TPSA) is 75.1 Å². The Morgan fingerprint density at radius 2 is 2.10 bits per heavy atom. The number of hydrogen-bond donors (Lipinski definition) is 2. The molecule has 1 aromatic heterocycles. The first-order valence-corrected chi connectivity index (χ1v) is 6.30. The van der Waals surface area contributed by atoms with Gasteiger partial charge >= 0.3 is 5.76 Å². The minimum absolute atomic E-state index is 0.0155. The number of carbonyl (C=O) groups is 1. The van der Waals surface area contributed by atoms with Crippen LogP contribution in [0.2, 0.25) is 5.02 Å². The van der Waals surface area contributed by atoms with Gasteiger partial charge in [-0.15, -0.1) is 0 Å². The molecule has 1 heterocycles. The molecule has 106 valence electrons. The van der Waals surface area contributed by atoms with E-state index in [-0.39, 0.29) is 16.2 Å². The predicted octanol–water partition coefficient (Wildman–Crippen LogP) is 3.17. The number of fused-ring (bicyclic) bond motifs is 1. The summed E-state index contributed by atoms with van der Waals surface area (Å²) in [5.74, 6) is -1.99. The third-order valence-corrected chi connectivity index (χ3v) is 3.18. The van der Waals surface area contributed by atoms with Gasteiger partial charge in [-0.2, -0.15) is 0 Å². The van der Waals surface area contributed by atoms with E-state index in [1.54, 1.807) is 12.1 Å². The van der Waals surface area contributed by atoms with Gasteiger partial charge in [-0.3, -0.25) is 9.78 Å². The maximum Gasteiger partial charge on any atom is 0.417 e. The van der Waals surface area contributed by atoms with Crippen LogP contribution in [0.25, 0.3) is 11.1 Å². The van der Waals surface area contributed by atoms with E-state index in [2.05, 4.69) is 10.3 Å². The number of benzene rings is 2. The standard InChI is InChI=1S/C14H8ClFN2O3/c15-8-2-1-3-9(16)12(8)13(19)17-7-4-5-10-11(6-7)21-14(20)18-10/h1-6H,(H,17,19)(H,18,20). The normalized spacial score (nSPS) is 10.8. The van der Waals surface area contributed by atoms with Crippen molar-refractivity contribution in [3.63, 3.8) is 0 Å². The molecule has 2 N–H and O–H groups in total. The van der Waals surface area contributed by atoms with Crippen molar-refractivity contribution in [2.45, 2.75) is 0 Å². The number of oxazole rings is 1. The lowest BCUT2D eigenvalue weighted by Gasteiger charge is -2.07. The number of rotatable bonds is 2. The lowest BCUT2D eigenvalue weighted by atomic mass is 10.2.